The quantitative estimate of drug-likeness (QED) is 0.413. The van der Waals surface area contributed by atoms with Crippen molar-refractivity contribution in [3.05, 3.63) is 0 Å². The maximum absolute atomic E-state index is 12.9. The summed E-state index contributed by atoms with van der Waals surface area (Å²) < 4.78 is 115. The van der Waals surface area contributed by atoms with E-state index in [-0.39, 0.29) is 13.2 Å². The third-order valence-electron chi connectivity index (χ3n) is 2.78. The summed E-state index contributed by atoms with van der Waals surface area (Å²) >= 11 is 0. The number of rotatable bonds is 4. The molecule has 0 amide bonds. The van der Waals surface area contributed by atoms with Crippen molar-refractivity contribution in [3.8, 4) is 0 Å². The van der Waals surface area contributed by atoms with Gasteiger partial charge in [0, 0.05) is 6.54 Å². The predicted octanol–water partition coefficient (Wildman–Crippen LogP) is 0.269. The minimum Gasteiger partial charge on any atom is -0.437 e. The molecule has 1 heterocycles. The summed E-state index contributed by atoms with van der Waals surface area (Å²) in [6.07, 6.45) is -12.7. The van der Waals surface area contributed by atoms with Gasteiger partial charge in [-0.15, -0.1) is 0 Å². The summed E-state index contributed by atoms with van der Waals surface area (Å²) in [4.78, 5) is 11.6. The Morgan fingerprint density at radius 1 is 1.22 bits per heavy atom. The van der Waals surface area contributed by atoms with Gasteiger partial charge in [-0.2, -0.15) is 34.8 Å². The fourth-order valence-corrected chi connectivity index (χ4v) is 2.59. The first-order chi connectivity index (χ1) is 10.2. The smallest absolute Gasteiger partial charge is 0.437 e. The Bertz CT molecular complexity index is 524. The molecule has 136 valence electrons. The normalized spacial score (nSPS) is 21.1. The summed E-state index contributed by atoms with van der Waals surface area (Å²) in [7, 11) is -5.79. The Labute approximate surface area is 125 Å². The topological polar surface area (TPSA) is 102 Å². The van der Waals surface area contributed by atoms with Crippen molar-refractivity contribution >= 4 is 16.1 Å². The lowest BCUT2D eigenvalue weighted by Crippen LogP contribution is -2.65. The maximum atomic E-state index is 12.9. The molecule has 1 rings (SSSR count). The van der Waals surface area contributed by atoms with Crippen LogP contribution >= 0.6 is 0 Å². The summed E-state index contributed by atoms with van der Waals surface area (Å²) in [5, 5.41) is 2.26. The second-order valence-electron chi connectivity index (χ2n) is 4.55. The van der Waals surface area contributed by atoms with Crippen LogP contribution in [0.15, 0.2) is 0 Å². The number of hydrogen-bond donors (Lipinski definition) is 2. The van der Waals surface area contributed by atoms with E-state index in [0.29, 0.717) is 0 Å². The van der Waals surface area contributed by atoms with E-state index in [0.717, 1.165) is 0 Å². The summed E-state index contributed by atoms with van der Waals surface area (Å²) in [5.41, 5.74) is -5.40. The van der Waals surface area contributed by atoms with Crippen molar-refractivity contribution in [2.24, 2.45) is 0 Å². The van der Waals surface area contributed by atoms with Crippen LogP contribution in [0.1, 0.15) is 0 Å². The molecule has 0 saturated carbocycles. The molecule has 2 N–H and O–H groups in total. The molecule has 1 aliphatic heterocycles. The van der Waals surface area contributed by atoms with Gasteiger partial charge in [0.1, 0.15) is 11.8 Å². The molecule has 0 aromatic carbocycles. The van der Waals surface area contributed by atoms with Crippen molar-refractivity contribution in [2.75, 3.05) is 25.5 Å². The van der Waals surface area contributed by atoms with Crippen molar-refractivity contribution < 1.29 is 53.6 Å². The van der Waals surface area contributed by atoms with E-state index in [2.05, 4.69) is 10.1 Å². The van der Waals surface area contributed by atoms with Gasteiger partial charge >= 0.3 is 23.9 Å². The van der Waals surface area contributed by atoms with Crippen LogP contribution in [0.25, 0.3) is 0 Å². The zero-order valence-corrected chi connectivity index (χ0v) is 11.9. The van der Waals surface area contributed by atoms with Gasteiger partial charge in [0.05, 0.1) is 13.2 Å². The fourth-order valence-electron chi connectivity index (χ4n) is 1.69. The van der Waals surface area contributed by atoms with Gasteiger partial charge in [0.15, 0.2) is 0 Å². The number of carbonyl (C=O) groups is 1. The minimum atomic E-state index is -6.34. The molecule has 1 atom stereocenters. The molecular formula is C9H11F6NO6S. The Morgan fingerprint density at radius 2 is 1.74 bits per heavy atom. The van der Waals surface area contributed by atoms with Gasteiger partial charge in [-0.3, -0.25) is 9.35 Å². The molecule has 0 aromatic rings. The lowest BCUT2D eigenvalue weighted by molar-refractivity contribution is -0.362. The first-order valence-corrected chi connectivity index (χ1v) is 7.43. The van der Waals surface area contributed by atoms with Gasteiger partial charge in [-0.05, 0) is 0 Å². The number of nitrogens with one attached hydrogen (secondary N) is 1. The van der Waals surface area contributed by atoms with Crippen LogP contribution in [0, 0.1) is 0 Å². The highest BCUT2D eigenvalue weighted by Crippen LogP contribution is 2.47. The van der Waals surface area contributed by atoms with Gasteiger partial charge < -0.3 is 14.8 Å². The zero-order chi connectivity index (χ0) is 18.1. The Kier molecular flexibility index (Phi) is 5.55. The molecule has 0 spiro atoms. The van der Waals surface area contributed by atoms with Crippen molar-refractivity contribution in [1.82, 2.24) is 5.32 Å². The predicted molar refractivity (Wildman–Crippen MR) is 60.0 cm³/mol. The molecule has 1 saturated heterocycles. The summed E-state index contributed by atoms with van der Waals surface area (Å²) in [5.74, 6) is -4.92. The van der Waals surface area contributed by atoms with E-state index >= 15 is 0 Å². The number of esters is 1. The number of alkyl halides is 6. The number of hydrogen-bond acceptors (Lipinski definition) is 6. The SMILES string of the molecule is O=C(OC(CS(=O)(=O)O)(C(F)(F)F)C(F)(F)F)C1COCCN1. The van der Waals surface area contributed by atoms with E-state index in [1.165, 1.54) is 0 Å². The Morgan fingerprint density at radius 3 is 2.09 bits per heavy atom. The van der Waals surface area contributed by atoms with Crippen LogP contribution < -0.4 is 5.32 Å². The molecule has 23 heavy (non-hydrogen) atoms. The number of morpholine rings is 1. The number of ether oxygens (including phenoxy) is 2. The second-order valence-corrected chi connectivity index (χ2v) is 6.00. The molecular weight excluding hydrogens is 364 g/mol. The molecule has 0 aromatic heterocycles. The highest BCUT2D eigenvalue weighted by Gasteiger charge is 2.76. The van der Waals surface area contributed by atoms with E-state index in [4.69, 9.17) is 9.29 Å². The lowest BCUT2D eigenvalue weighted by atomic mass is 10.1. The van der Waals surface area contributed by atoms with E-state index in [1.54, 1.807) is 0 Å². The third-order valence-corrected chi connectivity index (χ3v) is 3.55. The number of carbonyl (C=O) groups excluding carboxylic acids is 1. The Hall–Kier alpha value is -1.12. The maximum Gasteiger partial charge on any atom is 0.438 e. The van der Waals surface area contributed by atoms with Gasteiger partial charge in [-0.1, -0.05) is 0 Å². The van der Waals surface area contributed by atoms with Crippen LogP contribution in [-0.2, 0) is 24.4 Å². The third kappa shape index (κ3) is 4.68. The highest BCUT2D eigenvalue weighted by atomic mass is 32.2. The van der Waals surface area contributed by atoms with E-state index < -0.39 is 52.4 Å². The first kappa shape index (κ1) is 19.9. The van der Waals surface area contributed by atoms with Crippen molar-refractivity contribution in [2.45, 2.75) is 24.0 Å². The first-order valence-electron chi connectivity index (χ1n) is 5.82. The summed E-state index contributed by atoms with van der Waals surface area (Å²) in [6.45, 7) is -0.530. The standard InChI is InChI=1S/C9H11F6NO6S/c10-8(11,12)7(9(13,14)15,4-23(18,19)20)22-6(17)5-3-21-2-1-16-5/h5,16H,1-4H2,(H,18,19,20). The second kappa shape index (κ2) is 6.41. The van der Waals surface area contributed by atoms with Crippen LogP contribution in [0.2, 0.25) is 0 Å². The van der Waals surface area contributed by atoms with Gasteiger partial charge in [0.2, 0.25) is 0 Å². The number of halogens is 6. The average Bonchev–Trinajstić information content (AvgIpc) is 2.34. The summed E-state index contributed by atoms with van der Waals surface area (Å²) in [6, 6.07) is -1.64. The highest BCUT2D eigenvalue weighted by molar-refractivity contribution is 7.85. The molecule has 1 aliphatic rings. The average molecular weight is 375 g/mol. The van der Waals surface area contributed by atoms with E-state index in [1.807, 2.05) is 0 Å². The molecule has 0 aliphatic carbocycles. The minimum absolute atomic E-state index is 0.0386. The molecule has 0 bridgehead atoms. The Balaban J connectivity index is 3.24. The van der Waals surface area contributed by atoms with Gasteiger partial charge in [0.25, 0.3) is 10.1 Å². The monoisotopic (exact) mass is 375 g/mol. The van der Waals surface area contributed by atoms with Crippen molar-refractivity contribution in [3.63, 3.8) is 0 Å². The van der Waals surface area contributed by atoms with Crippen LogP contribution in [0.5, 0.6) is 0 Å². The molecule has 1 unspecified atom stereocenters. The van der Waals surface area contributed by atoms with Crippen LogP contribution in [-0.4, -0.2) is 68.4 Å². The molecule has 14 heteroatoms. The van der Waals surface area contributed by atoms with Crippen LogP contribution in [0.4, 0.5) is 26.3 Å². The van der Waals surface area contributed by atoms with Crippen LogP contribution in [0.3, 0.4) is 0 Å². The fraction of sp³-hybridized carbons (Fsp3) is 0.889. The lowest BCUT2D eigenvalue weighted by Gasteiger charge is -2.36. The largest absolute Gasteiger partial charge is 0.438 e. The van der Waals surface area contributed by atoms with Gasteiger partial charge in [-0.25, -0.2) is 0 Å². The zero-order valence-electron chi connectivity index (χ0n) is 11.1. The van der Waals surface area contributed by atoms with Crippen molar-refractivity contribution in [1.29, 1.82) is 0 Å². The van der Waals surface area contributed by atoms with E-state index in [9.17, 15) is 39.6 Å². The molecule has 7 nitrogen and oxygen atoms in total. The molecule has 1 fully saturated rings. The molecule has 0 radical (unpaired) electrons.